The molecule has 2 aromatic carbocycles. The predicted octanol–water partition coefficient (Wildman–Crippen LogP) is 2.59. The first-order valence-electron chi connectivity index (χ1n) is 8.91. The standard InChI is InChI=1S/C20H22ClN3O2/c21-16-7-5-14(6-8-16)12-23-10-9-22-19(13-23)24-17-4-2-1-3-15(17)11-18(24)20(25)26/h1-8,18-19,22H,9-13H2,(H,25,26)/t18-,19?/m0/s1. The Morgan fingerprint density at radius 1 is 1.19 bits per heavy atom. The number of carboxylic acids is 1. The molecule has 0 radical (unpaired) electrons. The van der Waals surface area contributed by atoms with Gasteiger partial charge in [0.05, 0.1) is 6.17 Å². The van der Waals surface area contributed by atoms with Crippen LogP contribution < -0.4 is 10.2 Å². The Morgan fingerprint density at radius 3 is 2.73 bits per heavy atom. The van der Waals surface area contributed by atoms with Crippen LogP contribution in [0.3, 0.4) is 0 Å². The lowest BCUT2D eigenvalue weighted by Crippen LogP contribution is -2.61. The highest BCUT2D eigenvalue weighted by molar-refractivity contribution is 6.30. The molecule has 2 aliphatic heterocycles. The molecule has 26 heavy (non-hydrogen) atoms. The lowest BCUT2D eigenvalue weighted by Gasteiger charge is -2.41. The molecule has 136 valence electrons. The van der Waals surface area contributed by atoms with Crippen LogP contribution in [0, 0.1) is 0 Å². The molecule has 2 aliphatic rings. The van der Waals surface area contributed by atoms with E-state index in [0.717, 1.165) is 42.5 Å². The number of nitrogens with zero attached hydrogens (tertiary/aromatic N) is 2. The molecular weight excluding hydrogens is 350 g/mol. The summed E-state index contributed by atoms with van der Waals surface area (Å²) in [6.07, 6.45) is 0.543. The number of piperazine rings is 1. The first-order chi connectivity index (χ1) is 12.6. The number of para-hydroxylation sites is 1. The number of anilines is 1. The summed E-state index contributed by atoms with van der Waals surface area (Å²) in [6, 6.07) is 15.4. The van der Waals surface area contributed by atoms with Crippen LogP contribution in [-0.4, -0.2) is 47.8 Å². The lowest BCUT2D eigenvalue weighted by atomic mass is 10.1. The third-order valence-electron chi connectivity index (χ3n) is 5.20. The average Bonchev–Trinajstić information content (AvgIpc) is 3.04. The van der Waals surface area contributed by atoms with E-state index in [-0.39, 0.29) is 6.17 Å². The van der Waals surface area contributed by atoms with Gasteiger partial charge in [0.1, 0.15) is 6.04 Å². The summed E-state index contributed by atoms with van der Waals surface area (Å²) in [5.74, 6) is -0.766. The van der Waals surface area contributed by atoms with Crippen LogP contribution in [0.5, 0.6) is 0 Å². The van der Waals surface area contributed by atoms with Gasteiger partial charge in [-0.3, -0.25) is 10.2 Å². The number of fused-ring (bicyclic) bond motifs is 1. The third kappa shape index (κ3) is 3.43. The van der Waals surface area contributed by atoms with Crippen molar-refractivity contribution in [2.45, 2.75) is 25.2 Å². The van der Waals surface area contributed by atoms with Crippen LogP contribution in [0.2, 0.25) is 5.02 Å². The second-order valence-electron chi connectivity index (χ2n) is 6.93. The molecule has 6 heteroatoms. The number of benzene rings is 2. The Hall–Kier alpha value is -2.08. The Kier molecular flexibility index (Phi) is 4.85. The molecular formula is C20H22ClN3O2. The highest BCUT2D eigenvalue weighted by atomic mass is 35.5. The van der Waals surface area contributed by atoms with Crippen molar-refractivity contribution in [3.63, 3.8) is 0 Å². The van der Waals surface area contributed by atoms with Gasteiger partial charge in [-0.25, -0.2) is 4.79 Å². The fraction of sp³-hybridized carbons (Fsp3) is 0.350. The molecule has 2 aromatic rings. The highest BCUT2D eigenvalue weighted by Crippen LogP contribution is 2.34. The Labute approximate surface area is 158 Å². The molecule has 4 rings (SSSR count). The minimum absolute atomic E-state index is 0.0131. The first kappa shape index (κ1) is 17.3. The molecule has 1 fully saturated rings. The number of hydrogen-bond donors (Lipinski definition) is 2. The Morgan fingerprint density at radius 2 is 1.96 bits per heavy atom. The number of aliphatic carboxylic acids is 1. The van der Waals surface area contributed by atoms with Crippen LogP contribution in [0.1, 0.15) is 11.1 Å². The molecule has 2 heterocycles. The minimum Gasteiger partial charge on any atom is -0.480 e. The van der Waals surface area contributed by atoms with Crippen molar-refractivity contribution < 1.29 is 9.90 Å². The van der Waals surface area contributed by atoms with Crippen LogP contribution in [0.25, 0.3) is 0 Å². The maximum absolute atomic E-state index is 11.8. The van der Waals surface area contributed by atoms with E-state index < -0.39 is 12.0 Å². The molecule has 0 amide bonds. The van der Waals surface area contributed by atoms with E-state index in [2.05, 4.69) is 10.2 Å². The third-order valence-corrected chi connectivity index (χ3v) is 5.45. The van der Waals surface area contributed by atoms with Crippen LogP contribution in [0.15, 0.2) is 48.5 Å². The van der Waals surface area contributed by atoms with Crippen molar-refractivity contribution in [2.24, 2.45) is 0 Å². The molecule has 0 saturated carbocycles. The van der Waals surface area contributed by atoms with Gasteiger partial charge in [0.25, 0.3) is 0 Å². The van der Waals surface area contributed by atoms with Gasteiger partial charge in [0.15, 0.2) is 0 Å². The second kappa shape index (κ2) is 7.27. The Balaban J connectivity index is 1.53. The molecule has 0 aromatic heterocycles. The summed E-state index contributed by atoms with van der Waals surface area (Å²) in [5.41, 5.74) is 3.36. The van der Waals surface area contributed by atoms with Gasteiger partial charge in [0, 0.05) is 43.3 Å². The maximum Gasteiger partial charge on any atom is 0.326 e. The van der Waals surface area contributed by atoms with E-state index in [0.29, 0.717) is 6.42 Å². The molecule has 2 atom stereocenters. The summed E-state index contributed by atoms with van der Waals surface area (Å²) >= 11 is 5.97. The highest BCUT2D eigenvalue weighted by Gasteiger charge is 2.39. The smallest absolute Gasteiger partial charge is 0.326 e. The summed E-state index contributed by atoms with van der Waals surface area (Å²) in [6.45, 7) is 3.39. The molecule has 1 unspecified atom stereocenters. The van der Waals surface area contributed by atoms with Crippen molar-refractivity contribution in [2.75, 3.05) is 24.5 Å². The van der Waals surface area contributed by atoms with Crippen molar-refractivity contribution in [1.29, 1.82) is 0 Å². The lowest BCUT2D eigenvalue weighted by molar-refractivity contribution is -0.138. The molecule has 2 N–H and O–H groups in total. The summed E-state index contributed by atoms with van der Waals surface area (Å²) < 4.78 is 0. The monoisotopic (exact) mass is 371 g/mol. The number of nitrogens with one attached hydrogen (secondary N) is 1. The van der Waals surface area contributed by atoms with E-state index in [1.165, 1.54) is 5.56 Å². The molecule has 0 aliphatic carbocycles. The molecule has 1 saturated heterocycles. The van der Waals surface area contributed by atoms with Gasteiger partial charge in [-0.15, -0.1) is 0 Å². The first-order valence-corrected chi connectivity index (χ1v) is 9.29. The SMILES string of the molecule is O=C(O)[C@@H]1Cc2ccccc2N1C1CN(Cc2ccc(Cl)cc2)CCN1. The zero-order chi connectivity index (χ0) is 18.1. The van der Waals surface area contributed by atoms with Crippen molar-refractivity contribution in [3.8, 4) is 0 Å². The largest absolute Gasteiger partial charge is 0.480 e. The minimum atomic E-state index is -0.766. The van der Waals surface area contributed by atoms with Crippen molar-refractivity contribution >= 4 is 23.3 Å². The fourth-order valence-corrected chi connectivity index (χ4v) is 4.09. The van der Waals surface area contributed by atoms with Gasteiger partial charge in [0.2, 0.25) is 0 Å². The number of rotatable bonds is 4. The number of carbonyl (C=O) groups is 1. The van der Waals surface area contributed by atoms with E-state index in [1.807, 2.05) is 53.4 Å². The topological polar surface area (TPSA) is 55.8 Å². The van der Waals surface area contributed by atoms with E-state index in [1.54, 1.807) is 0 Å². The average molecular weight is 372 g/mol. The predicted molar refractivity (Wildman–Crippen MR) is 103 cm³/mol. The summed E-state index contributed by atoms with van der Waals surface area (Å²) in [7, 11) is 0. The van der Waals surface area contributed by atoms with Gasteiger partial charge >= 0.3 is 5.97 Å². The molecule has 0 bridgehead atoms. The number of hydrogen-bond acceptors (Lipinski definition) is 4. The quantitative estimate of drug-likeness (QED) is 0.865. The number of carboxylic acid groups (broad SMARTS) is 1. The second-order valence-corrected chi connectivity index (χ2v) is 7.36. The summed E-state index contributed by atoms with van der Waals surface area (Å²) in [4.78, 5) is 16.2. The van der Waals surface area contributed by atoms with Crippen molar-refractivity contribution in [3.05, 3.63) is 64.7 Å². The maximum atomic E-state index is 11.8. The molecule has 0 spiro atoms. The normalized spacial score (nSPS) is 23.0. The van der Waals surface area contributed by atoms with Gasteiger partial charge in [-0.1, -0.05) is 41.9 Å². The van der Waals surface area contributed by atoms with Gasteiger partial charge in [-0.05, 0) is 29.3 Å². The van der Waals surface area contributed by atoms with E-state index in [9.17, 15) is 9.90 Å². The van der Waals surface area contributed by atoms with E-state index >= 15 is 0 Å². The Bertz CT molecular complexity index is 796. The molecule has 5 nitrogen and oxygen atoms in total. The zero-order valence-electron chi connectivity index (χ0n) is 14.4. The fourth-order valence-electron chi connectivity index (χ4n) is 3.97. The number of halogens is 1. The zero-order valence-corrected chi connectivity index (χ0v) is 15.2. The van der Waals surface area contributed by atoms with Crippen LogP contribution >= 0.6 is 11.6 Å². The van der Waals surface area contributed by atoms with E-state index in [4.69, 9.17) is 11.6 Å². The summed E-state index contributed by atoms with van der Waals surface area (Å²) in [5, 5.41) is 14.0. The van der Waals surface area contributed by atoms with Gasteiger partial charge < -0.3 is 10.0 Å². The van der Waals surface area contributed by atoms with Crippen LogP contribution in [0.4, 0.5) is 5.69 Å². The van der Waals surface area contributed by atoms with Crippen molar-refractivity contribution in [1.82, 2.24) is 10.2 Å². The van der Waals surface area contributed by atoms with Crippen LogP contribution in [-0.2, 0) is 17.8 Å². The van der Waals surface area contributed by atoms with Gasteiger partial charge in [-0.2, -0.15) is 0 Å².